The molecule has 3 N–H and O–H groups in total. The van der Waals surface area contributed by atoms with E-state index in [1.54, 1.807) is 16.8 Å². The monoisotopic (exact) mass is 473 g/mol. The normalized spacial score (nSPS) is 13.8. The highest BCUT2D eigenvalue weighted by Crippen LogP contribution is 2.19. The fourth-order valence-electron chi connectivity index (χ4n) is 3.58. The van der Waals surface area contributed by atoms with E-state index in [1.165, 1.54) is 4.52 Å². The summed E-state index contributed by atoms with van der Waals surface area (Å²) < 4.78 is 8.54. The van der Waals surface area contributed by atoms with E-state index in [4.69, 9.17) is 27.2 Å². The Labute approximate surface area is 198 Å². The molecule has 0 bridgehead atoms. The Morgan fingerprint density at radius 3 is 2.58 bits per heavy atom. The smallest absolute Gasteiger partial charge is 0.323 e. The molecule has 0 radical (unpaired) electrons. The quantitative estimate of drug-likeness (QED) is 0.462. The first-order valence-corrected chi connectivity index (χ1v) is 11.5. The molecule has 2 atom stereocenters. The third-order valence-electron chi connectivity index (χ3n) is 5.21. The molecule has 3 aromatic rings. The maximum absolute atomic E-state index is 13.4. The van der Waals surface area contributed by atoms with E-state index in [9.17, 15) is 9.59 Å². The number of aromatic nitrogens is 3. The maximum Gasteiger partial charge on any atom is 0.323 e. The molecule has 1 aromatic carbocycles. The van der Waals surface area contributed by atoms with Crippen LogP contribution in [-0.4, -0.2) is 38.3 Å². The number of nitrogens with one attached hydrogen (secondary N) is 1. The highest BCUT2D eigenvalue weighted by Gasteiger charge is 2.24. The van der Waals surface area contributed by atoms with Gasteiger partial charge in [0.2, 0.25) is 0 Å². The number of nitrogens with two attached hydrogens (primary N) is 1. The van der Waals surface area contributed by atoms with Crippen LogP contribution in [0.1, 0.15) is 58.0 Å². The molecule has 8 nitrogen and oxygen atoms in total. The predicted molar refractivity (Wildman–Crippen MR) is 129 cm³/mol. The molecule has 178 valence electrons. The lowest BCUT2D eigenvalue weighted by Gasteiger charge is -2.24. The summed E-state index contributed by atoms with van der Waals surface area (Å²) in [4.78, 5) is 25.5. The van der Waals surface area contributed by atoms with E-state index in [-0.39, 0.29) is 11.6 Å². The fourth-order valence-corrected chi connectivity index (χ4v) is 3.81. The minimum Gasteiger partial charge on any atom is -0.459 e. The second-order valence-electron chi connectivity index (χ2n) is 9.04. The zero-order valence-electron chi connectivity index (χ0n) is 19.5. The molecule has 2 heterocycles. The van der Waals surface area contributed by atoms with Crippen LogP contribution >= 0.6 is 11.6 Å². The number of carbonyl (C=O) groups excluding carboxylic acids is 1. The average Bonchev–Trinajstić information content (AvgIpc) is 3.13. The summed E-state index contributed by atoms with van der Waals surface area (Å²) in [7, 11) is 0. The van der Waals surface area contributed by atoms with Gasteiger partial charge in [-0.3, -0.25) is 14.2 Å². The lowest BCUT2D eigenvalue weighted by Crippen LogP contribution is -2.40. The molecule has 33 heavy (non-hydrogen) atoms. The van der Waals surface area contributed by atoms with Crippen molar-refractivity contribution in [1.82, 2.24) is 19.5 Å². The van der Waals surface area contributed by atoms with Gasteiger partial charge in [-0.25, -0.2) is 4.52 Å². The number of rotatable bonds is 9. The van der Waals surface area contributed by atoms with Crippen molar-refractivity contribution < 1.29 is 9.53 Å². The lowest BCUT2D eigenvalue weighted by molar-refractivity contribution is -0.156. The van der Waals surface area contributed by atoms with Crippen LogP contribution in [0.25, 0.3) is 5.52 Å². The summed E-state index contributed by atoms with van der Waals surface area (Å²) in [6.07, 6.45) is 2.76. The maximum atomic E-state index is 13.4. The third-order valence-corrected chi connectivity index (χ3v) is 5.52. The van der Waals surface area contributed by atoms with E-state index >= 15 is 0 Å². The Kier molecular flexibility index (Phi) is 7.94. The summed E-state index contributed by atoms with van der Waals surface area (Å²) in [6.45, 7) is 8.27. The van der Waals surface area contributed by atoms with Gasteiger partial charge in [0.25, 0.3) is 5.56 Å². The van der Waals surface area contributed by atoms with Gasteiger partial charge in [0, 0.05) is 6.20 Å². The average molecular weight is 474 g/mol. The van der Waals surface area contributed by atoms with E-state index in [0.29, 0.717) is 42.3 Å². The molecule has 0 amide bonds. The molecule has 3 rings (SSSR count). The van der Waals surface area contributed by atoms with Gasteiger partial charge in [0.05, 0.1) is 17.6 Å². The Morgan fingerprint density at radius 2 is 1.94 bits per heavy atom. The summed E-state index contributed by atoms with van der Waals surface area (Å²) in [5.41, 5.74) is 6.56. The Bertz CT molecular complexity index is 1150. The van der Waals surface area contributed by atoms with Gasteiger partial charge in [-0.15, -0.1) is 0 Å². The first-order valence-electron chi connectivity index (χ1n) is 11.1. The van der Waals surface area contributed by atoms with Gasteiger partial charge in [0.1, 0.15) is 23.0 Å². The summed E-state index contributed by atoms with van der Waals surface area (Å²) in [6, 6.07) is 10.4. The van der Waals surface area contributed by atoms with Crippen LogP contribution in [0, 0.1) is 0 Å². The highest BCUT2D eigenvalue weighted by molar-refractivity contribution is 6.33. The fraction of sp³-hybridized carbons (Fsp3) is 0.458. The van der Waals surface area contributed by atoms with Gasteiger partial charge >= 0.3 is 5.97 Å². The molecule has 0 aliphatic carbocycles. The number of fused-ring (bicyclic) bond motifs is 1. The first-order chi connectivity index (χ1) is 15.6. The van der Waals surface area contributed by atoms with E-state index in [2.05, 4.69) is 5.32 Å². The highest BCUT2D eigenvalue weighted by atomic mass is 35.5. The molecular formula is C24H32ClN5O3. The van der Waals surface area contributed by atoms with Crippen LogP contribution in [0.3, 0.4) is 0 Å². The predicted octanol–water partition coefficient (Wildman–Crippen LogP) is 3.30. The number of halogens is 1. The molecule has 0 spiro atoms. The molecule has 0 saturated carbocycles. The molecular weight excluding hydrogens is 442 g/mol. The zero-order valence-corrected chi connectivity index (χ0v) is 20.3. The van der Waals surface area contributed by atoms with Gasteiger partial charge in [0.15, 0.2) is 0 Å². The Morgan fingerprint density at radius 1 is 1.24 bits per heavy atom. The number of benzene rings is 1. The van der Waals surface area contributed by atoms with Crippen LogP contribution in [0.15, 0.2) is 47.4 Å². The molecule has 2 aromatic heterocycles. The molecule has 0 fully saturated rings. The van der Waals surface area contributed by atoms with E-state index < -0.39 is 17.6 Å². The zero-order chi connectivity index (χ0) is 24.2. The van der Waals surface area contributed by atoms with E-state index in [1.807, 2.05) is 58.0 Å². The molecule has 0 aliphatic heterocycles. The number of hydrogen-bond donors (Lipinski definition) is 2. The van der Waals surface area contributed by atoms with Crippen molar-refractivity contribution in [3.63, 3.8) is 0 Å². The van der Waals surface area contributed by atoms with Crippen molar-refractivity contribution in [2.24, 2.45) is 5.73 Å². The number of carbonyl (C=O) groups is 1. The van der Waals surface area contributed by atoms with Crippen LogP contribution in [0.4, 0.5) is 0 Å². The molecule has 9 heteroatoms. The second-order valence-corrected chi connectivity index (χ2v) is 9.44. The largest absolute Gasteiger partial charge is 0.459 e. The van der Waals surface area contributed by atoms with Crippen molar-refractivity contribution in [2.75, 3.05) is 6.54 Å². The standard InChI is InChI=1S/C24H32ClN5O3/c1-5-19(27-13-11-18(26)23(32)33-24(2,3)4)21-28-30-14-12-17(25)20(30)22(31)29(21)15-16-9-7-6-8-10-16/h6-10,12,14,18-19,27H,5,11,13,15,26H2,1-4H3. The van der Waals surface area contributed by atoms with Crippen LogP contribution < -0.4 is 16.6 Å². The summed E-state index contributed by atoms with van der Waals surface area (Å²) in [5.74, 6) is 0.164. The van der Waals surface area contributed by atoms with Crippen LogP contribution in [0.2, 0.25) is 5.02 Å². The molecule has 2 unspecified atom stereocenters. The lowest BCUT2D eigenvalue weighted by atomic mass is 10.1. The van der Waals surface area contributed by atoms with Gasteiger partial charge in [-0.2, -0.15) is 5.10 Å². The molecule has 0 saturated heterocycles. The SMILES string of the molecule is CCC(NCCC(N)C(=O)OC(C)(C)C)c1nn2ccc(Cl)c2c(=O)n1Cc1ccccc1. The topological polar surface area (TPSA) is 104 Å². The van der Waals surface area contributed by atoms with Crippen molar-refractivity contribution in [3.05, 3.63) is 69.4 Å². The Balaban J connectivity index is 1.84. The summed E-state index contributed by atoms with van der Waals surface area (Å²) in [5, 5.41) is 8.48. The van der Waals surface area contributed by atoms with Crippen LogP contribution in [-0.2, 0) is 16.1 Å². The molecule has 0 aliphatic rings. The Hall–Kier alpha value is -2.68. The number of ether oxygens (including phenoxy) is 1. The minimum atomic E-state index is -0.737. The number of hydrogen-bond acceptors (Lipinski definition) is 6. The minimum absolute atomic E-state index is 0.204. The summed E-state index contributed by atoms with van der Waals surface area (Å²) >= 11 is 6.26. The van der Waals surface area contributed by atoms with Crippen molar-refractivity contribution >= 4 is 23.1 Å². The third kappa shape index (κ3) is 6.22. The number of nitrogens with zero attached hydrogens (tertiary/aromatic N) is 3. The van der Waals surface area contributed by atoms with Crippen molar-refractivity contribution in [1.29, 1.82) is 0 Å². The van der Waals surface area contributed by atoms with Gasteiger partial charge < -0.3 is 15.8 Å². The van der Waals surface area contributed by atoms with Gasteiger partial charge in [-0.1, -0.05) is 48.9 Å². The second kappa shape index (κ2) is 10.5. The van der Waals surface area contributed by atoms with Crippen molar-refractivity contribution in [3.8, 4) is 0 Å². The first kappa shape index (κ1) is 25.0. The van der Waals surface area contributed by atoms with Crippen LogP contribution in [0.5, 0.6) is 0 Å². The van der Waals surface area contributed by atoms with Gasteiger partial charge in [-0.05, 0) is 51.8 Å². The van der Waals surface area contributed by atoms with Crippen molar-refractivity contribution in [2.45, 2.75) is 64.8 Å². The number of esters is 1. The van der Waals surface area contributed by atoms with E-state index in [0.717, 1.165) is 5.56 Å².